The van der Waals surface area contributed by atoms with Crippen LogP contribution in [0.1, 0.15) is 10.4 Å². The van der Waals surface area contributed by atoms with E-state index < -0.39 is 5.97 Å². The standard InChI is InChI=1S/C10H9N3O2S/c1-13-10(11-6-12-13)16-8-5-3-2-4-7(8)9(14)15/h2-6H,1H3,(H,14,15). The lowest BCUT2D eigenvalue weighted by atomic mass is 10.2. The van der Waals surface area contributed by atoms with Crippen molar-refractivity contribution in [3.8, 4) is 0 Å². The van der Waals surface area contributed by atoms with E-state index in [1.807, 2.05) is 0 Å². The van der Waals surface area contributed by atoms with E-state index in [0.717, 1.165) is 0 Å². The third kappa shape index (κ3) is 2.06. The van der Waals surface area contributed by atoms with E-state index in [1.54, 1.807) is 36.0 Å². The highest BCUT2D eigenvalue weighted by Crippen LogP contribution is 2.28. The molecule has 0 saturated carbocycles. The SMILES string of the molecule is Cn1ncnc1Sc1ccccc1C(=O)O. The maximum Gasteiger partial charge on any atom is 0.336 e. The van der Waals surface area contributed by atoms with Gasteiger partial charge in [-0.25, -0.2) is 14.5 Å². The molecule has 5 nitrogen and oxygen atoms in total. The summed E-state index contributed by atoms with van der Waals surface area (Å²) in [7, 11) is 1.76. The van der Waals surface area contributed by atoms with Gasteiger partial charge in [0.15, 0.2) is 5.16 Å². The summed E-state index contributed by atoms with van der Waals surface area (Å²) in [5, 5.41) is 13.6. The molecular formula is C10H9N3O2S. The van der Waals surface area contributed by atoms with Crippen LogP contribution in [0.3, 0.4) is 0 Å². The van der Waals surface area contributed by atoms with E-state index in [4.69, 9.17) is 5.11 Å². The zero-order chi connectivity index (χ0) is 11.5. The molecule has 2 aromatic rings. The molecule has 0 spiro atoms. The van der Waals surface area contributed by atoms with Crippen LogP contribution in [0.25, 0.3) is 0 Å². The zero-order valence-corrected chi connectivity index (χ0v) is 9.31. The molecule has 2 rings (SSSR count). The van der Waals surface area contributed by atoms with Crippen molar-refractivity contribution in [3.05, 3.63) is 36.2 Å². The number of hydrogen-bond donors (Lipinski definition) is 1. The number of rotatable bonds is 3. The molecule has 1 aromatic carbocycles. The third-order valence-corrected chi connectivity index (χ3v) is 3.12. The van der Waals surface area contributed by atoms with Gasteiger partial charge in [-0.1, -0.05) is 12.1 Å². The van der Waals surface area contributed by atoms with E-state index in [2.05, 4.69) is 10.1 Å². The van der Waals surface area contributed by atoms with E-state index in [9.17, 15) is 4.79 Å². The predicted octanol–water partition coefficient (Wildman–Crippen LogP) is 1.66. The number of benzene rings is 1. The van der Waals surface area contributed by atoms with Gasteiger partial charge in [0.2, 0.25) is 0 Å². The number of carboxylic acids is 1. The monoisotopic (exact) mass is 235 g/mol. The Morgan fingerprint density at radius 3 is 2.81 bits per heavy atom. The summed E-state index contributed by atoms with van der Waals surface area (Å²) in [4.78, 5) is 15.7. The summed E-state index contributed by atoms with van der Waals surface area (Å²) < 4.78 is 1.60. The van der Waals surface area contributed by atoms with Gasteiger partial charge in [-0.05, 0) is 23.9 Å². The smallest absolute Gasteiger partial charge is 0.336 e. The lowest BCUT2D eigenvalue weighted by Gasteiger charge is -2.03. The lowest BCUT2D eigenvalue weighted by molar-refractivity contribution is 0.0693. The number of aromatic nitrogens is 3. The normalized spacial score (nSPS) is 10.3. The molecule has 0 radical (unpaired) electrons. The minimum Gasteiger partial charge on any atom is -0.478 e. The topological polar surface area (TPSA) is 68.0 Å². The second-order valence-corrected chi connectivity index (χ2v) is 4.08. The van der Waals surface area contributed by atoms with Crippen LogP contribution in [0.2, 0.25) is 0 Å². The van der Waals surface area contributed by atoms with E-state index in [1.165, 1.54) is 18.1 Å². The minimum absolute atomic E-state index is 0.274. The van der Waals surface area contributed by atoms with Gasteiger partial charge >= 0.3 is 5.97 Å². The fourth-order valence-corrected chi connectivity index (χ4v) is 2.10. The van der Waals surface area contributed by atoms with Gasteiger partial charge in [-0.3, -0.25) is 0 Å². The molecular weight excluding hydrogens is 226 g/mol. The summed E-state index contributed by atoms with van der Waals surface area (Å²) in [6, 6.07) is 6.82. The first kappa shape index (κ1) is 10.7. The first-order valence-corrected chi connectivity index (χ1v) is 5.34. The summed E-state index contributed by atoms with van der Waals surface area (Å²) in [5.41, 5.74) is 0.274. The minimum atomic E-state index is -0.940. The van der Waals surface area contributed by atoms with Crippen LogP contribution in [0.4, 0.5) is 0 Å². The number of carbonyl (C=O) groups is 1. The predicted molar refractivity (Wildman–Crippen MR) is 58.5 cm³/mol. The number of aromatic carboxylic acids is 1. The van der Waals surface area contributed by atoms with Crippen molar-refractivity contribution in [2.24, 2.45) is 7.05 Å². The van der Waals surface area contributed by atoms with Crippen molar-refractivity contribution < 1.29 is 9.90 Å². The highest BCUT2D eigenvalue weighted by atomic mass is 32.2. The Hall–Kier alpha value is -1.82. The lowest BCUT2D eigenvalue weighted by Crippen LogP contribution is -1.99. The van der Waals surface area contributed by atoms with Crippen LogP contribution in [0.15, 0.2) is 40.6 Å². The van der Waals surface area contributed by atoms with Crippen molar-refractivity contribution in [3.63, 3.8) is 0 Å². The van der Waals surface area contributed by atoms with Crippen LogP contribution >= 0.6 is 11.8 Å². The van der Waals surface area contributed by atoms with Crippen molar-refractivity contribution in [1.82, 2.24) is 14.8 Å². The molecule has 0 saturated heterocycles. The molecule has 1 heterocycles. The van der Waals surface area contributed by atoms with Crippen LogP contribution in [-0.4, -0.2) is 25.8 Å². The number of hydrogen-bond acceptors (Lipinski definition) is 4. The Bertz CT molecular complexity index is 524. The van der Waals surface area contributed by atoms with E-state index >= 15 is 0 Å². The number of nitrogens with zero attached hydrogens (tertiary/aromatic N) is 3. The van der Waals surface area contributed by atoms with Crippen molar-refractivity contribution in [1.29, 1.82) is 0 Å². The zero-order valence-electron chi connectivity index (χ0n) is 8.49. The van der Waals surface area contributed by atoms with Gasteiger partial charge in [0, 0.05) is 11.9 Å². The molecule has 1 aromatic heterocycles. The van der Waals surface area contributed by atoms with Crippen LogP contribution in [0, 0.1) is 0 Å². The van der Waals surface area contributed by atoms with Gasteiger partial charge in [0.1, 0.15) is 6.33 Å². The average molecular weight is 235 g/mol. The fraction of sp³-hybridized carbons (Fsp3) is 0.100. The summed E-state index contributed by atoms with van der Waals surface area (Å²) in [6.45, 7) is 0. The number of aryl methyl sites for hydroxylation is 1. The molecule has 0 unspecified atom stereocenters. The van der Waals surface area contributed by atoms with Gasteiger partial charge in [-0.2, -0.15) is 5.10 Å². The Labute approximate surface area is 96.1 Å². The maximum atomic E-state index is 11.0. The van der Waals surface area contributed by atoms with Gasteiger partial charge in [-0.15, -0.1) is 0 Å². The van der Waals surface area contributed by atoms with Crippen LogP contribution < -0.4 is 0 Å². The molecule has 82 valence electrons. The van der Waals surface area contributed by atoms with Crippen LogP contribution in [-0.2, 0) is 7.05 Å². The van der Waals surface area contributed by atoms with Crippen molar-refractivity contribution in [2.75, 3.05) is 0 Å². The van der Waals surface area contributed by atoms with Gasteiger partial charge in [0.25, 0.3) is 0 Å². The highest BCUT2D eigenvalue weighted by molar-refractivity contribution is 7.99. The molecule has 16 heavy (non-hydrogen) atoms. The Balaban J connectivity index is 2.35. The first-order valence-electron chi connectivity index (χ1n) is 4.52. The molecule has 0 bridgehead atoms. The summed E-state index contributed by atoms with van der Waals surface area (Å²) in [5.74, 6) is -0.940. The second kappa shape index (κ2) is 4.36. The summed E-state index contributed by atoms with van der Waals surface area (Å²) in [6.07, 6.45) is 1.44. The fourth-order valence-electron chi connectivity index (χ4n) is 1.21. The molecule has 0 aliphatic carbocycles. The number of carboxylic acid groups (broad SMARTS) is 1. The molecule has 0 amide bonds. The Morgan fingerprint density at radius 1 is 1.44 bits per heavy atom. The molecule has 0 aliphatic rings. The first-order chi connectivity index (χ1) is 7.68. The largest absolute Gasteiger partial charge is 0.478 e. The Morgan fingerprint density at radius 2 is 2.19 bits per heavy atom. The molecule has 0 atom stereocenters. The van der Waals surface area contributed by atoms with Crippen molar-refractivity contribution >= 4 is 17.7 Å². The highest BCUT2D eigenvalue weighted by Gasteiger charge is 2.12. The van der Waals surface area contributed by atoms with Gasteiger partial charge < -0.3 is 5.11 Å². The molecule has 6 heteroatoms. The van der Waals surface area contributed by atoms with Gasteiger partial charge in [0.05, 0.1) is 5.56 Å². The third-order valence-electron chi connectivity index (χ3n) is 1.99. The maximum absolute atomic E-state index is 11.0. The van der Waals surface area contributed by atoms with Crippen LogP contribution in [0.5, 0.6) is 0 Å². The quantitative estimate of drug-likeness (QED) is 0.876. The summed E-state index contributed by atoms with van der Waals surface area (Å²) >= 11 is 1.28. The molecule has 0 aliphatic heterocycles. The van der Waals surface area contributed by atoms with Crippen molar-refractivity contribution in [2.45, 2.75) is 10.1 Å². The Kier molecular flexibility index (Phi) is 2.91. The average Bonchev–Trinajstić information content (AvgIpc) is 2.65. The van der Waals surface area contributed by atoms with E-state index in [0.29, 0.717) is 10.1 Å². The molecule has 1 N–H and O–H groups in total. The molecule has 0 fully saturated rings. The van der Waals surface area contributed by atoms with E-state index in [-0.39, 0.29) is 5.56 Å². The second-order valence-electron chi connectivity index (χ2n) is 3.07.